The number of urea groups is 1. The summed E-state index contributed by atoms with van der Waals surface area (Å²) in [6.07, 6.45) is 4.46. The van der Waals surface area contributed by atoms with Gasteiger partial charge in [0.25, 0.3) is 0 Å². The molecule has 0 radical (unpaired) electrons. The molecule has 1 N–H and O–H groups in total. The van der Waals surface area contributed by atoms with Gasteiger partial charge in [0.15, 0.2) is 5.82 Å². The van der Waals surface area contributed by atoms with Gasteiger partial charge in [-0.2, -0.15) is 4.98 Å². The van der Waals surface area contributed by atoms with Crippen LogP contribution in [-0.4, -0.2) is 76.8 Å². The fourth-order valence-corrected chi connectivity index (χ4v) is 5.67. The number of nitrogens with one attached hydrogen (secondary N) is 1. The Morgan fingerprint density at radius 3 is 2.54 bits per heavy atom. The number of likely N-dealkylation sites (tertiary alicyclic amines) is 2. The Balaban J connectivity index is 1.13. The van der Waals surface area contributed by atoms with Crippen molar-refractivity contribution in [3.8, 4) is 0 Å². The van der Waals surface area contributed by atoms with Crippen molar-refractivity contribution in [1.29, 1.82) is 0 Å². The third kappa shape index (κ3) is 4.63. The van der Waals surface area contributed by atoms with Crippen molar-refractivity contribution in [2.45, 2.75) is 56.1 Å². The number of fused-ring (bicyclic) bond motifs is 1. The van der Waals surface area contributed by atoms with Crippen molar-refractivity contribution >= 4 is 11.9 Å². The fourth-order valence-electron chi connectivity index (χ4n) is 5.67. The van der Waals surface area contributed by atoms with Crippen molar-refractivity contribution in [2.75, 3.05) is 32.8 Å². The number of rotatable bonds is 4. The van der Waals surface area contributed by atoms with Gasteiger partial charge in [-0.15, -0.1) is 0 Å². The lowest BCUT2D eigenvalue weighted by Gasteiger charge is -2.43. The maximum absolute atomic E-state index is 13.6. The topological polar surface area (TPSA) is 101 Å². The summed E-state index contributed by atoms with van der Waals surface area (Å²) in [4.78, 5) is 33.4. The van der Waals surface area contributed by atoms with Crippen LogP contribution in [0.25, 0.3) is 0 Å². The third-order valence-electron chi connectivity index (χ3n) is 7.77. The first-order valence-electron chi connectivity index (χ1n) is 12.6. The molecule has 3 atom stereocenters. The van der Waals surface area contributed by atoms with E-state index in [4.69, 9.17) is 14.2 Å². The zero-order chi connectivity index (χ0) is 23.9. The average molecular weight is 484 g/mol. The number of hydrogen-bond donors (Lipinski definition) is 1. The van der Waals surface area contributed by atoms with Crippen LogP contribution in [-0.2, 0) is 9.53 Å². The fraction of sp³-hybridized carbons (Fsp3) is 0.600. The zero-order valence-electron chi connectivity index (χ0n) is 19.6. The molecule has 186 valence electrons. The number of carbonyl (C=O) groups excluding carboxylic acids is 2. The molecule has 3 amide bonds. The van der Waals surface area contributed by atoms with Gasteiger partial charge >= 0.3 is 6.03 Å². The van der Waals surface area contributed by atoms with E-state index in [1.165, 1.54) is 12.1 Å². The van der Waals surface area contributed by atoms with Gasteiger partial charge in [-0.05, 0) is 55.7 Å². The lowest BCUT2D eigenvalue weighted by atomic mass is 9.80. The summed E-state index contributed by atoms with van der Waals surface area (Å²) < 4.78 is 24.9. The van der Waals surface area contributed by atoms with Gasteiger partial charge in [0.2, 0.25) is 11.8 Å². The molecular formula is C25H30FN5O4. The van der Waals surface area contributed by atoms with E-state index in [0.29, 0.717) is 38.0 Å². The van der Waals surface area contributed by atoms with Crippen LogP contribution in [0.15, 0.2) is 28.8 Å². The molecule has 3 saturated heterocycles. The summed E-state index contributed by atoms with van der Waals surface area (Å²) in [7, 11) is 0. The van der Waals surface area contributed by atoms with Crippen LogP contribution in [0.4, 0.5) is 9.18 Å². The second-order valence-electron chi connectivity index (χ2n) is 10.2. The number of hydrogen-bond acceptors (Lipinski definition) is 6. The lowest BCUT2D eigenvalue weighted by molar-refractivity contribution is -0.139. The van der Waals surface area contributed by atoms with Crippen LogP contribution in [0.3, 0.4) is 0 Å². The quantitative estimate of drug-likeness (QED) is 0.718. The van der Waals surface area contributed by atoms with Crippen LogP contribution in [0, 0.1) is 11.7 Å². The van der Waals surface area contributed by atoms with Crippen LogP contribution in [0.1, 0.15) is 61.2 Å². The van der Waals surface area contributed by atoms with Crippen molar-refractivity contribution in [3.63, 3.8) is 0 Å². The first kappa shape index (κ1) is 22.5. The summed E-state index contributed by atoms with van der Waals surface area (Å²) in [5, 5.41) is 7.16. The van der Waals surface area contributed by atoms with E-state index in [0.717, 1.165) is 43.5 Å². The van der Waals surface area contributed by atoms with Gasteiger partial charge in [-0.25, -0.2) is 9.18 Å². The third-order valence-corrected chi connectivity index (χ3v) is 7.77. The van der Waals surface area contributed by atoms with Gasteiger partial charge in [0.05, 0.1) is 18.1 Å². The first-order chi connectivity index (χ1) is 17.0. The number of aromatic nitrogens is 2. The van der Waals surface area contributed by atoms with Gasteiger partial charge in [-0.1, -0.05) is 17.3 Å². The Labute approximate surface area is 203 Å². The number of amides is 3. The Kier molecular flexibility index (Phi) is 5.91. The van der Waals surface area contributed by atoms with Gasteiger partial charge < -0.3 is 24.4 Å². The largest absolute Gasteiger partial charge is 0.366 e. The molecule has 3 aliphatic heterocycles. The minimum absolute atomic E-state index is 0.00821. The van der Waals surface area contributed by atoms with Crippen molar-refractivity contribution in [1.82, 2.24) is 25.3 Å². The average Bonchev–Trinajstić information content (AvgIpc) is 3.62. The molecule has 1 aromatic carbocycles. The lowest BCUT2D eigenvalue weighted by Crippen LogP contribution is -2.62. The Bertz CT molecular complexity index is 1080. The van der Waals surface area contributed by atoms with Gasteiger partial charge in [-0.3, -0.25) is 4.79 Å². The van der Waals surface area contributed by atoms with E-state index in [2.05, 4.69) is 10.5 Å². The molecule has 1 saturated carbocycles. The monoisotopic (exact) mass is 483 g/mol. The molecule has 35 heavy (non-hydrogen) atoms. The molecule has 9 nitrogen and oxygen atoms in total. The maximum Gasteiger partial charge on any atom is 0.320 e. The maximum atomic E-state index is 13.6. The predicted octanol–water partition coefficient (Wildman–Crippen LogP) is 2.64. The summed E-state index contributed by atoms with van der Waals surface area (Å²) in [5.41, 5.74) is 0.956. The van der Waals surface area contributed by atoms with E-state index < -0.39 is 0 Å². The highest BCUT2D eigenvalue weighted by atomic mass is 19.1. The van der Waals surface area contributed by atoms with Crippen molar-refractivity contribution in [3.05, 3.63) is 47.4 Å². The van der Waals surface area contributed by atoms with Crippen LogP contribution >= 0.6 is 0 Å². The minimum atomic E-state index is -0.277. The smallest absolute Gasteiger partial charge is 0.320 e. The van der Waals surface area contributed by atoms with Gasteiger partial charge in [0, 0.05) is 32.1 Å². The summed E-state index contributed by atoms with van der Waals surface area (Å²) in [6.45, 7) is 2.44. The van der Waals surface area contributed by atoms with E-state index in [-0.39, 0.29) is 48.3 Å². The van der Waals surface area contributed by atoms with E-state index in [1.807, 2.05) is 9.80 Å². The summed E-state index contributed by atoms with van der Waals surface area (Å²) >= 11 is 0. The molecule has 0 bridgehead atoms. The molecule has 4 fully saturated rings. The molecular weight excluding hydrogens is 453 g/mol. The molecule has 0 spiro atoms. The highest BCUT2D eigenvalue weighted by Crippen LogP contribution is 2.41. The number of ether oxygens (including phenoxy) is 1. The number of benzene rings is 1. The Morgan fingerprint density at radius 1 is 1.06 bits per heavy atom. The molecule has 6 rings (SSSR count). The molecule has 4 heterocycles. The van der Waals surface area contributed by atoms with Crippen molar-refractivity contribution < 1.29 is 23.2 Å². The molecule has 2 aromatic rings. The molecule has 10 heteroatoms. The number of piperidine rings is 2. The number of carbonyl (C=O) groups is 2. The van der Waals surface area contributed by atoms with Crippen molar-refractivity contribution in [2.24, 2.45) is 5.92 Å². The minimum Gasteiger partial charge on any atom is -0.366 e. The SMILES string of the molecule is O=C1CO[C@H]2CCN(C(=O)N3CCC(C(c4ccc(F)cc4)c4nc(C5CC5)no4)CC3)C[C@H]2N1. The summed E-state index contributed by atoms with van der Waals surface area (Å²) in [5.74, 6) is 1.41. The van der Waals surface area contributed by atoms with Crippen LogP contribution < -0.4 is 5.32 Å². The predicted molar refractivity (Wildman–Crippen MR) is 122 cm³/mol. The Morgan fingerprint density at radius 2 is 1.80 bits per heavy atom. The molecule has 1 aliphatic carbocycles. The van der Waals surface area contributed by atoms with Gasteiger partial charge in [0.1, 0.15) is 12.4 Å². The molecule has 1 aromatic heterocycles. The standard InChI is InChI=1S/C25H30FN5O4/c26-18-5-3-15(4-6-18)22(24-28-23(29-35-24)17-1-2-17)16-7-10-30(11-8-16)25(33)31-12-9-20-19(13-31)27-21(32)14-34-20/h3-6,16-17,19-20,22H,1-2,7-14H2,(H,27,32)/t19-,20+,22?/m1/s1. The Hall–Kier alpha value is -3.01. The summed E-state index contributed by atoms with van der Waals surface area (Å²) in [6, 6.07) is 6.39. The number of morpholine rings is 1. The highest BCUT2D eigenvalue weighted by molar-refractivity contribution is 5.79. The van der Waals surface area contributed by atoms with E-state index in [9.17, 15) is 14.0 Å². The zero-order valence-corrected chi connectivity index (χ0v) is 19.6. The van der Waals surface area contributed by atoms with E-state index in [1.54, 1.807) is 12.1 Å². The van der Waals surface area contributed by atoms with E-state index >= 15 is 0 Å². The second kappa shape index (κ2) is 9.22. The van der Waals surface area contributed by atoms with Crippen LogP contribution in [0.2, 0.25) is 0 Å². The number of nitrogens with zero attached hydrogens (tertiary/aromatic N) is 4. The van der Waals surface area contributed by atoms with Crippen LogP contribution in [0.5, 0.6) is 0 Å². The number of halogens is 1. The highest BCUT2D eigenvalue weighted by Gasteiger charge is 2.40. The first-order valence-corrected chi connectivity index (χ1v) is 12.6. The molecule has 1 unspecified atom stereocenters. The second-order valence-corrected chi connectivity index (χ2v) is 10.2. The molecule has 4 aliphatic rings. The normalized spacial score (nSPS) is 26.3.